The van der Waals surface area contributed by atoms with Crippen LogP contribution < -0.4 is 5.73 Å². The smallest absolute Gasteiger partial charge is 0.103 e. The van der Waals surface area contributed by atoms with E-state index < -0.39 is 0 Å². The lowest BCUT2D eigenvalue weighted by Gasteiger charge is -1.99. The van der Waals surface area contributed by atoms with Crippen LogP contribution in [0.4, 0.5) is 0 Å². The highest BCUT2D eigenvalue weighted by molar-refractivity contribution is 6.35. The van der Waals surface area contributed by atoms with Crippen molar-refractivity contribution in [3.05, 3.63) is 33.8 Å². The summed E-state index contributed by atoms with van der Waals surface area (Å²) in [5.74, 6) is 0. The molecule has 0 unspecified atom stereocenters. The van der Waals surface area contributed by atoms with E-state index in [2.05, 4.69) is 5.73 Å². The van der Waals surface area contributed by atoms with Crippen LogP contribution in [0.15, 0.2) is 18.2 Å². The summed E-state index contributed by atoms with van der Waals surface area (Å²) in [6.45, 7) is 0.637. The van der Waals surface area contributed by atoms with Crippen LogP contribution in [-0.2, 0) is 6.54 Å². The van der Waals surface area contributed by atoms with Gasteiger partial charge >= 0.3 is 0 Å². The van der Waals surface area contributed by atoms with Crippen molar-refractivity contribution in [3.63, 3.8) is 0 Å². The summed E-state index contributed by atoms with van der Waals surface area (Å²) >= 11 is 11.6. The third kappa shape index (κ3) is 1.43. The Bertz CT molecular complexity index is 215. The van der Waals surface area contributed by atoms with Gasteiger partial charge in [0.15, 0.2) is 0 Å². The number of hydrogen-bond donors (Lipinski definition) is 1. The number of halogens is 2. The minimum atomic E-state index is 0.637. The SMILES string of the molecule is [NH3+]Cc1c(Cl)cccc1Cl. The molecule has 0 aliphatic rings. The highest BCUT2D eigenvalue weighted by Crippen LogP contribution is 2.22. The number of hydrogen-bond acceptors (Lipinski definition) is 0. The molecule has 0 amide bonds. The second kappa shape index (κ2) is 3.24. The maximum atomic E-state index is 5.81. The van der Waals surface area contributed by atoms with Crippen molar-refractivity contribution in [3.8, 4) is 0 Å². The molecule has 0 saturated heterocycles. The average molecular weight is 177 g/mol. The fraction of sp³-hybridized carbons (Fsp3) is 0.143. The molecule has 0 fully saturated rings. The lowest BCUT2D eigenvalue weighted by Crippen LogP contribution is -2.47. The van der Waals surface area contributed by atoms with Crippen molar-refractivity contribution in [2.75, 3.05) is 0 Å². The third-order valence-corrected chi connectivity index (χ3v) is 2.02. The monoisotopic (exact) mass is 176 g/mol. The van der Waals surface area contributed by atoms with Gasteiger partial charge in [-0.15, -0.1) is 0 Å². The predicted molar refractivity (Wildman–Crippen MR) is 43.1 cm³/mol. The van der Waals surface area contributed by atoms with Gasteiger partial charge in [0, 0.05) is 5.56 Å². The maximum Gasteiger partial charge on any atom is 0.103 e. The summed E-state index contributed by atoms with van der Waals surface area (Å²) in [6.07, 6.45) is 0. The molecule has 0 spiro atoms. The molecular weight excluding hydrogens is 169 g/mol. The van der Waals surface area contributed by atoms with Gasteiger partial charge in [-0.05, 0) is 12.1 Å². The van der Waals surface area contributed by atoms with Crippen LogP contribution in [0.3, 0.4) is 0 Å². The summed E-state index contributed by atoms with van der Waals surface area (Å²) in [4.78, 5) is 0. The van der Waals surface area contributed by atoms with E-state index in [9.17, 15) is 0 Å². The normalized spacial score (nSPS) is 9.90. The molecule has 1 rings (SSSR count). The van der Waals surface area contributed by atoms with E-state index in [0.29, 0.717) is 16.6 Å². The van der Waals surface area contributed by atoms with Crippen molar-refractivity contribution in [1.82, 2.24) is 0 Å². The minimum Gasteiger partial charge on any atom is -0.354 e. The molecular formula is C7H8Cl2N+. The van der Waals surface area contributed by atoms with Gasteiger partial charge in [-0.1, -0.05) is 29.3 Å². The molecule has 0 aromatic heterocycles. The summed E-state index contributed by atoms with van der Waals surface area (Å²) in [5.41, 5.74) is 4.63. The van der Waals surface area contributed by atoms with Crippen LogP contribution in [0.25, 0.3) is 0 Å². The fourth-order valence-electron chi connectivity index (χ4n) is 0.771. The second-order valence-corrected chi connectivity index (χ2v) is 2.76. The van der Waals surface area contributed by atoms with Gasteiger partial charge in [0.1, 0.15) is 6.54 Å². The van der Waals surface area contributed by atoms with Crippen LogP contribution in [0.1, 0.15) is 5.56 Å². The van der Waals surface area contributed by atoms with Gasteiger partial charge in [0.2, 0.25) is 0 Å². The quantitative estimate of drug-likeness (QED) is 0.676. The molecule has 3 heteroatoms. The number of quaternary nitrogens is 1. The van der Waals surface area contributed by atoms with E-state index in [-0.39, 0.29) is 0 Å². The first-order valence-electron chi connectivity index (χ1n) is 2.98. The van der Waals surface area contributed by atoms with Crippen molar-refractivity contribution < 1.29 is 5.73 Å². The number of benzene rings is 1. The molecule has 0 atom stereocenters. The standard InChI is InChI=1S/C7H7Cl2N/c8-6-2-1-3-7(9)5(6)4-10/h1-3H,4,10H2/p+1. The Morgan fingerprint density at radius 1 is 1.20 bits per heavy atom. The largest absolute Gasteiger partial charge is 0.354 e. The van der Waals surface area contributed by atoms with Crippen LogP contribution in [0, 0.1) is 0 Å². The highest BCUT2D eigenvalue weighted by atomic mass is 35.5. The lowest BCUT2D eigenvalue weighted by molar-refractivity contribution is -0.386. The molecule has 1 aromatic carbocycles. The van der Waals surface area contributed by atoms with Gasteiger partial charge in [-0.3, -0.25) is 0 Å². The zero-order valence-electron chi connectivity index (χ0n) is 5.40. The van der Waals surface area contributed by atoms with Crippen LogP contribution in [0.2, 0.25) is 10.0 Å². The maximum absolute atomic E-state index is 5.81. The summed E-state index contributed by atoms with van der Waals surface area (Å²) < 4.78 is 0. The van der Waals surface area contributed by atoms with Gasteiger partial charge in [-0.25, -0.2) is 0 Å². The Hall–Kier alpha value is -0.240. The summed E-state index contributed by atoms with van der Waals surface area (Å²) in [6, 6.07) is 5.45. The zero-order valence-corrected chi connectivity index (χ0v) is 6.91. The molecule has 0 saturated carbocycles. The van der Waals surface area contributed by atoms with E-state index in [4.69, 9.17) is 23.2 Å². The molecule has 1 nitrogen and oxygen atoms in total. The first kappa shape index (κ1) is 7.86. The first-order valence-corrected chi connectivity index (χ1v) is 3.73. The van der Waals surface area contributed by atoms with Crippen molar-refractivity contribution in [2.45, 2.75) is 6.54 Å². The lowest BCUT2D eigenvalue weighted by atomic mass is 10.2. The van der Waals surface area contributed by atoms with E-state index in [1.165, 1.54) is 0 Å². The topological polar surface area (TPSA) is 27.6 Å². The molecule has 54 valence electrons. The third-order valence-electron chi connectivity index (χ3n) is 1.31. The average Bonchev–Trinajstić information content (AvgIpc) is 1.88. The fourth-order valence-corrected chi connectivity index (χ4v) is 1.36. The molecule has 0 heterocycles. The number of rotatable bonds is 1. The Morgan fingerprint density at radius 2 is 1.70 bits per heavy atom. The molecule has 10 heavy (non-hydrogen) atoms. The van der Waals surface area contributed by atoms with Crippen molar-refractivity contribution >= 4 is 23.2 Å². The minimum absolute atomic E-state index is 0.637. The Labute approximate surface area is 69.7 Å². The van der Waals surface area contributed by atoms with Crippen molar-refractivity contribution in [1.29, 1.82) is 0 Å². The summed E-state index contributed by atoms with van der Waals surface area (Å²) in [7, 11) is 0. The van der Waals surface area contributed by atoms with E-state index in [1.54, 1.807) is 0 Å². The van der Waals surface area contributed by atoms with Crippen LogP contribution >= 0.6 is 23.2 Å². The van der Waals surface area contributed by atoms with Gasteiger partial charge in [0.25, 0.3) is 0 Å². The van der Waals surface area contributed by atoms with Gasteiger partial charge < -0.3 is 5.73 Å². The highest BCUT2D eigenvalue weighted by Gasteiger charge is 2.02. The zero-order chi connectivity index (χ0) is 7.56. The second-order valence-electron chi connectivity index (χ2n) is 1.95. The Morgan fingerprint density at radius 3 is 2.00 bits per heavy atom. The molecule has 3 N–H and O–H groups in total. The first-order chi connectivity index (χ1) is 4.75. The molecule has 0 radical (unpaired) electrons. The Kier molecular flexibility index (Phi) is 2.55. The molecule has 0 aliphatic carbocycles. The molecule has 0 bridgehead atoms. The van der Waals surface area contributed by atoms with Crippen molar-refractivity contribution in [2.24, 2.45) is 0 Å². The van der Waals surface area contributed by atoms with Gasteiger partial charge in [-0.2, -0.15) is 0 Å². The van der Waals surface area contributed by atoms with E-state index in [0.717, 1.165) is 5.56 Å². The van der Waals surface area contributed by atoms with E-state index in [1.807, 2.05) is 18.2 Å². The summed E-state index contributed by atoms with van der Waals surface area (Å²) in [5, 5.41) is 1.39. The predicted octanol–water partition coefficient (Wildman–Crippen LogP) is 1.74. The Balaban J connectivity index is 3.17. The molecule has 1 aromatic rings. The molecule has 0 aliphatic heterocycles. The van der Waals surface area contributed by atoms with E-state index >= 15 is 0 Å². The van der Waals surface area contributed by atoms with Crippen LogP contribution in [-0.4, -0.2) is 0 Å². The van der Waals surface area contributed by atoms with Gasteiger partial charge in [0.05, 0.1) is 10.0 Å². The van der Waals surface area contributed by atoms with Crippen LogP contribution in [0.5, 0.6) is 0 Å².